The quantitative estimate of drug-likeness (QED) is 0.411. The zero-order valence-corrected chi connectivity index (χ0v) is 16.8. The second-order valence-electron chi connectivity index (χ2n) is 8.12. The lowest BCUT2D eigenvalue weighted by atomic mass is 10.1. The molecule has 0 spiro atoms. The van der Waals surface area contributed by atoms with Crippen LogP contribution in [0.1, 0.15) is 44.0 Å². The van der Waals surface area contributed by atoms with E-state index in [1.165, 1.54) is 21.5 Å². The molecule has 0 atom stereocenters. The first-order valence-electron chi connectivity index (χ1n) is 10.4. The lowest BCUT2D eigenvalue weighted by molar-refractivity contribution is 0.0924. The Hall–Kier alpha value is -3.93. The number of nitrogen functional groups attached to an aromatic ring is 1. The lowest BCUT2D eigenvalue weighted by Crippen LogP contribution is -2.31. The van der Waals surface area contributed by atoms with E-state index in [1.807, 2.05) is 24.3 Å². The molecule has 152 valence electrons. The summed E-state index contributed by atoms with van der Waals surface area (Å²) in [6.07, 6.45) is 4.79. The largest absolute Gasteiger partial charge is 0.399 e. The number of nitrogens with zero attached hydrogens (tertiary/aromatic N) is 3. The summed E-state index contributed by atoms with van der Waals surface area (Å²) in [7, 11) is 0. The van der Waals surface area contributed by atoms with Gasteiger partial charge in [0.25, 0.3) is 11.8 Å². The summed E-state index contributed by atoms with van der Waals surface area (Å²) in [5.41, 5.74) is 12.3. The number of hydrogen-bond donors (Lipinski definition) is 1. The van der Waals surface area contributed by atoms with Gasteiger partial charge in [-0.1, -0.05) is 18.2 Å². The minimum absolute atomic E-state index is 0.323. The molecule has 0 bridgehead atoms. The van der Waals surface area contributed by atoms with Gasteiger partial charge < -0.3 is 10.3 Å². The maximum absolute atomic E-state index is 13.0. The van der Waals surface area contributed by atoms with Crippen molar-refractivity contribution in [2.45, 2.75) is 25.8 Å². The molecular formula is C25H20N4O2. The zero-order chi connectivity index (χ0) is 21.1. The second kappa shape index (κ2) is 6.54. The third-order valence-electron chi connectivity index (χ3n) is 6.35. The summed E-state index contributed by atoms with van der Waals surface area (Å²) in [6, 6.07) is 16.7. The number of hydrogen-bond acceptors (Lipinski definition) is 4. The van der Waals surface area contributed by atoms with E-state index >= 15 is 0 Å². The topological polar surface area (TPSA) is 81.2 Å². The summed E-state index contributed by atoms with van der Waals surface area (Å²) in [5, 5.41) is 1.19. The molecular weight excluding hydrogens is 388 g/mol. The van der Waals surface area contributed by atoms with Crippen LogP contribution in [-0.4, -0.2) is 21.4 Å². The maximum atomic E-state index is 13.0. The Morgan fingerprint density at radius 1 is 0.935 bits per heavy atom. The molecule has 2 N–H and O–H groups in total. The zero-order valence-electron chi connectivity index (χ0n) is 16.8. The summed E-state index contributed by atoms with van der Waals surface area (Å²) >= 11 is 0. The molecule has 0 unspecified atom stereocenters. The number of imide groups is 1. The Labute approximate surface area is 178 Å². The number of fused-ring (bicyclic) bond motifs is 4. The predicted molar refractivity (Wildman–Crippen MR) is 119 cm³/mol. The molecule has 6 nitrogen and oxygen atoms in total. The molecule has 1 aliphatic carbocycles. The van der Waals surface area contributed by atoms with Gasteiger partial charge in [0.05, 0.1) is 17.7 Å². The number of amides is 2. The number of benzene rings is 2. The number of rotatable bonds is 3. The third kappa shape index (κ3) is 2.54. The van der Waals surface area contributed by atoms with E-state index in [4.69, 9.17) is 5.73 Å². The van der Waals surface area contributed by atoms with Gasteiger partial charge in [-0.15, -0.1) is 0 Å². The van der Waals surface area contributed by atoms with Crippen molar-refractivity contribution in [3.8, 4) is 0 Å². The third-order valence-corrected chi connectivity index (χ3v) is 6.35. The maximum Gasteiger partial charge on any atom is 0.267 e. The summed E-state index contributed by atoms with van der Waals surface area (Å²) < 4.78 is 2.29. The van der Waals surface area contributed by atoms with Crippen molar-refractivity contribution in [1.82, 2.24) is 9.55 Å². The van der Waals surface area contributed by atoms with Gasteiger partial charge in [0.2, 0.25) is 0 Å². The molecule has 1 aliphatic heterocycles. The second-order valence-corrected chi connectivity index (χ2v) is 8.12. The van der Waals surface area contributed by atoms with Gasteiger partial charge in [-0.25, -0.2) is 9.88 Å². The highest BCUT2D eigenvalue weighted by Gasteiger charge is 2.38. The van der Waals surface area contributed by atoms with Crippen LogP contribution in [0.2, 0.25) is 0 Å². The number of anilines is 2. The van der Waals surface area contributed by atoms with Gasteiger partial charge >= 0.3 is 0 Å². The fourth-order valence-electron chi connectivity index (χ4n) is 4.98. The van der Waals surface area contributed by atoms with E-state index in [0.29, 0.717) is 23.5 Å². The van der Waals surface area contributed by atoms with Crippen LogP contribution in [0.3, 0.4) is 0 Å². The normalized spacial score (nSPS) is 15.0. The van der Waals surface area contributed by atoms with Crippen LogP contribution in [-0.2, 0) is 19.4 Å². The molecule has 0 radical (unpaired) electrons. The Balaban J connectivity index is 1.47. The van der Waals surface area contributed by atoms with Crippen LogP contribution in [0.15, 0.2) is 60.8 Å². The van der Waals surface area contributed by atoms with E-state index in [0.717, 1.165) is 36.0 Å². The van der Waals surface area contributed by atoms with Gasteiger partial charge in [-0.2, -0.15) is 0 Å². The number of pyridine rings is 1. The van der Waals surface area contributed by atoms with Gasteiger partial charge in [-0.3, -0.25) is 9.59 Å². The minimum atomic E-state index is -0.323. The Morgan fingerprint density at radius 3 is 2.48 bits per heavy atom. The van der Waals surface area contributed by atoms with Crippen LogP contribution in [0.4, 0.5) is 11.5 Å². The summed E-state index contributed by atoms with van der Waals surface area (Å²) in [5.74, 6) is -0.246. The van der Waals surface area contributed by atoms with Crippen LogP contribution in [0.5, 0.6) is 0 Å². The average molecular weight is 408 g/mol. The molecule has 3 heterocycles. The number of carbonyl (C=O) groups excluding carboxylic acids is 2. The summed E-state index contributed by atoms with van der Waals surface area (Å²) in [6.45, 7) is 0.534. The molecule has 0 saturated heterocycles. The predicted octanol–water partition coefficient (Wildman–Crippen LogP) is 3.96. The molecule has 6 heteroatoms. The number of carbonyl (C=O) groups is 2. The molecule has 0 fully saturated rings. The van der Waals surface area contributed by atoms with Crippen molar-refractivity contribution in [3.63, 3.8) is 0 Å². The Morgan fingerprint density at radius 2 is 1.71 bits per heavy atom. The van der Waals surface area contributed by atoms with Gasteiger partial charge in [0.1, 0.15) is 5.82 Å². The van der Waals surface area contributed by atoms with E-state index < -0.39 is 0 Å². The first-order chi connectivity index (χ1) is 15.1. The Bertz CT molecular complexity index is 1370. The van der Waals surface area contributed by atoms with Crippen LogP contribution < -0.4 is 10.6 Å². The van der Waals surface area contributed by atoms with Crippen molar-refractivity contribution in [3.05, 3.63) is 88.7 Å². The number of nitrogens with two attached hydrogens (primary N) is 1. The SMILES string of the molecule is Nc1ccc2c(c1)c1c(n2Cc2cccnc2N2C(=O)c3ccccc3C2=O)CCC1. The van der Waals surface area contributed by atoms with Crippen molar-refractivity contribution in [1.29, 1.82) is 0 Å². The minimum Gasteiger partial charge on any atom is -0.399 e. The van der Waals surface area contributed by atoms with Crippen molar-refractivity contribution in [2.75, 3.05) is 10.6 Å². The van der Waals surface area contributed by atoms with Crippen molar-refractivity contribution < 1.29 is 9.59 Å². The lowest BCUT2D eigenvalue weighted by Gasteiger charge is -2.18. The first kappa shape index (κ1) is 17.9. The number of aromatic nitrogens is 2. The first-order valence-corrected chi connectivity index (χ1v) is 10.4. The fraction of sp³-hybridized carbons (Fsp3) is 0.160. The van der Waals surface area contributed by atoms with Gasteiger partial charge in [0.15, 0.2) is 0 Å². The average Bonchev–Trinajstić information content (AvgIpc) is 3.44. The smallest absolute Gasteiger partial charge is 0.267 e. The van der Waals surface area contributed by atoms with E-state index in [-0.39, 0.29) is 11.8 Å². The van der Waals surface area contributed by atoms with E-state index in [2.05, 4.69) is 15.6 Å². The van der Waals surface area contributed by atoms with Crippen LogP contribution in [0, 0.1) is 0 Å². The van der Waals surface area contributed by atoms with Crippen LogP contribution in [0.25, 0.3) is 10.9 Å². The van der Waals surface area contributed by atoms with E-state index in [9.17, 15) is 9.59 Å². The Kier molecular flexibility index (Phi) is 3.77. The molecule has 4 aromatic rings. The highest BCUT2D eigenvalue weighted by Crippen LogP contribution is 2.36. The molecule has 31 heavy (non-hydrogen) atoms. The van der Waals surface area contributed by atoms with Crippen LogP contribution >= 0.6 is 0 Å². The van der Waals surface area contributed by atoms with Crippen molar-refractivity contribution in [2.24, 2.45) is 0 Å². The standard InChI is InChI=1S/C25H20N4O2/c26-16-10-11-22-20(13-16)17-8-3-9-21(17)28(22)14-15-5-4-12-27-23(15)29-24(30)18-6-1-2-7-19(18)25(29)31/h1-2,4-7,10-13H,3,8-9,14,26H2. The fourth-order valence-corrected chi connectivity index (χ4v) is 4.98. The molecule has 2 amide bonds. The monoisotopic (exact) mass is 408 g/mol. The number of aryl methyl sites for hydroxylation is 1. The summed E-state index contributed by atoms with van der Waals surface area (Å²) in [4.78, 5) is 31.8. The molecule has 6 rings (SSSR count). The van der Waals surface area contributed by atoms with E-state index in [1.54, 1.807) is 30.5 Å². The molecule has 2 aromatic carbocycles. The van der Waals surface area contributed by atoms with Crippen molar-refractivity contribution >= 4 is 34.2 Å². The van der Waals surface area contributed by atoms with Gasteiger partial charge in [-0.05, 0) is 61.2 Å². The molecule has 2 aromatic heterocycles. The molecule has 2 aliphatic rings. The van der Waals surface area contributed by atoms with Gasteiger partial charge in [0, 0.05) is 34.0 Å². The highest BCUT2D eigenvalue weighted by molar-refractivity contribution is 6.34. The highest BCUT2D eigenvalue weighted by atomic mass is 16.2. The molecule has 0 saturated carbocycles.